The summed E-state index contributed by atoms with van der Waals surface area (Å²) in [4.78, 5) is 24.2. The van der Waals surface area contributed by atoms with E-state index in [2.05, 4.69) is 45.6 Å². The zero-order valence-electron chi connectivity index (χ0n) is 22.6. The first kappa shape index (κ1) is 27.1. The van der Waals surface area contributed by atoms with E-state index in [-0.39, 0.29) is 23.6 Å². The van der Waals surface area contributed by atoms with Crippen LogP contribution in [0.25, 0.3) is 11.0 Å². The quantitative estimate of drug-likeness (QED) is 0.346. The van der Waals surface area contributed by atoms with Crippen molar-refractivity contribution in [3.63, 3.8) is 0 Å². The smallest absolute Gasteiger partial charge is 0.319 e. The zero-order valence-corrected chi connectivity index (χ0v) is 22.6. The Morgan fingerprint density at radius 2 is 1.90 bits per heavy atom. The Morgan fingerprint density at radius 3 is 2.70 bits per heavy atom. The van der Waals surface area contributed by atoms with E-state index < -0.39 is 17.6 Å². The van der Waals surface area contributed by atoms with Crippen molar-refractivity contribution in [1.29, 1.82) is 0 Å². The molecule has 1 aliphatic rings. The highest BCUT2D eigenvalue weighted by Crippen LogP contribution is 2.28. The van der Waals surface area contributed by atoms with Crippen molar-refractivity contribution in [1.82, 2.24) is 24.0 Å². The third-order valence-electron chi connectivity index (χ3n) is 7.28. The van der Waals surface area contributed by atoms with Crippen LogP contribution < -0.4 is 10.3 Å². The normalized spacial score (nSPS) is 15.8. The Kier molecular flexibility index (Phi) is 7.95. The third-order valence-corrected chi connectivity index (χ3v) is 7.28. The molecule has 3 aromatic heterocycles. The molecule has 9 heteroatoms. The molecule has 0 aliphatic carbocycles. The number of likely N-dealkylation sites (N-methyl/N-ethyl adjacent to an activating group) is 1. The van der Waals surface area contributed by atoms with Crippen LogP contribution in [0.2, 0.25) is 0 Å². The summed E-state index contributed by atoms with van der Waals surface area (Å²) in [5.41, 5.74) is 1.28. The average Bonchev–Trinajstić information content (AvgIpc) is 3.53. The van der Waals surface area contributed by atoms with Gasteiger partial charge in [-0.05, 0) is 80.1 Å². The maximum Gasteiger partial charge on any atom is 0.319 e. The highest BCUT2D eigenvalue weighted by atomic mass is 19.1. The van der Waals surface area contributed by atoms with Gasteiger partial charge in [0.2, 0.25) is 0 Å². The number of likely N-dealkylation sites (tertiary alicyclic amines) is 1. The van der Waals surface area contributed by atoms with Crippen molar-refractivity contribution in [2.24, 2.45) is 14.1 Å². The summed E-state index contributed by atoms with van der Waals surface area (Å²) in [7, 11) is 5.58. The molecule has 1 unspecified atom stereocenters. The van der Waals surface area contributed by atoms with E-state index in [9.17, 15) is 13.6 Å². The van der Waals surface area contributed by atoms with E-state index in [0.717, 1.165) is 43.0 Å². The Hall–Kier alpha value is -4.47. The van der Waals surface area contributed by atoms with Crippen LogP contribution in [0.15, 0.2) is 53.6 Å². The highest BCUT2D eigenvalue weighted by Gasteiger charge is 2.23. The predicted octanol–water partition coefficient (Wildman–Crippen LogP) is 4.00. The van der Waals surface area contributed by atoms with Crippen LogP contribution in [-0.4, -0.2) is 50.2 Å². The zero-order chi connectivity index (χ0) is 28.2. The van der Waals surface area contributed by atoms with Crippen LogP contribution in [0.4, 0.5) is 8.78 Å². The van der Waals surface area contributed by atoms with Crippen molar-refractivity contribution in [2.45, 2.75) is 31.2 Å². The second kappa shape index (κ2) is 11.7. The number of aromatic nitrogens is 4. The van der Waals surface area contributed by atoms with Gasteiger partial charge >= 0.3 is 6.01 Å². The van der Waals surface area contributed by atoms with Gasteiger partial charge in [0.25, 0.3) is 5.56 Å². The average molecular weight is 542 g/mol. The Bertz CT molecular complexity index is 1740. The van der Waals surface area contributed by atoms with Crippen LogP contribution in [0, 0.1) is 35.3 Å². The maximum atomic E-state index is 14.7. The van der Waals surface area contributed by atoms with E-state index in [1.807, 2.05) is 23.9 Å². The number of benzene rings is 1. The molecular formula is C31H29F2N5O2. The Balaban J connectivity index is 1.42. The molecule has 204 valence electrons. The van der Waals surface area contributed by atoms with E-state index in [1.54, 1.807) is 25.4 Å². The highest BCUT2D eigenvalue weighted by molar-refractivity contribution is 5.82. The molecule has 0 N–H and O–H groups in total. The van der Waals surface area contributed by atoms with Crippen LogP contribution in [0.1, 0.15) is 42.0 Å². The second-order valence-electron chi connectivity index (χ2n) is 9.96. The molecular weight excluding hydrogens is 512 g/mol. The van der Waals surface area contributed by atoms with Gasteiger partial charge in [-0.25, -0.2) is 8.78 Å². The molecule has 1 fully saturated rings. The minimum absolute atomic E-state index is 0.0713. The largest absolute Gasteiger partial charge is 0.462 e. The van der Waals surface area contributed by atoms with Gasteiger partial charge in [0.05, 0.1) is 5.39 Å². The van der Waals surface area contributed by atoms with Crippen molar-refractivity contribution in [3.8, 4) is 29.7 Å². The van der Waals surface area contributed by atoms with Crippen LogP contribution in [-0.2, 0) is 14.1 Å². The number of fused-ring (bicyclic) bond motifs is 1. The molecule has 0 saturated carbocycles. The van der Waals surface area contributed by atoms with E-state index in [1.165, 1.54) is 4.57 Å². The van der Waals surface area contributed by atoms with Gasteiger partial charge in [-0.15, -0.1) is 0 Å². The van der Waals surface area contributed by atoms with Gasteiger partial charge in [-0.2, -0.15) is 9.97 Å². The fourth-order valence-corrected chi connectivity index (χ4v) is 4.98. The lowest BCUT2D eigenvalue weighted by Crippen LogP contribution is -2.30. The first-order valence-electron chi connectivity index (χ1n) is 13.1. The minimum atomic E-state index is -0.765. The van der Waals surface area contributed by atoms with Gasteiger partial charge in [0.1, 0.15) is 29.6 Å². The summed E-state index contributed by atoms with van der Waals surface area (Å²) < 4.78 is 38.0. The van der Waals surface area contributed by atoms with Crippen molar-refractivity contribution < 1.29 is 13.5 Å². The number of halogens is 2. The summed E-state index contributed by atoms with van der Waals surface area (Å²) in [5, 5.41) is 0.773. The number of nitrogens with zero attached hydrogens (tertiary/aromatic N) is 5. The van der Waals surface area contributed by atoms with Gasteiger partial charge in [-0.3, -0.25) is 4.79 Å². The molecule has 4 aromatic rings. The molecule has 40 heavy (non-hydrogen) atoms. The third kappa shape index (κ3) is 5.75. The summed E-state index contributed by atoms with van der Waals surface area (Å²) in [5.74, 6) is 9.59. The molecule has 5 rings (SSSR count). The summed E-state index contributed by atoms with van der Waals surface area (Å²) >= 11 is 0. The van der Waals surface area contributed by atoms with Crippen LogP contribution in [0.5, 0.6) is 6.01 Å². The van der Waals surface area contributed by atoms with Gasteiger partial charge < -0.3 is 18.8 Å². The summed E-state index contributed by atoms with van der Waals surface area (Å²) in [6.45, 7) is 1.54. The minimum Gasteiger partial charge on any atom is -0.462 e. The standard InChI is InChI=1S/C31H29F2N5O2/c1-36-16-7-9-22(36)20-40-31-34-28(25-15-18-37(2)29(25)35-31)12-6-4-5-10-23(24-11-8-17-38(3)30(24)39)26-19-21(32)13-14-27(26)33/h8,11,13-15,17-19,22-23H,7,9-10,16,20H2,1-3H3/t22-,23?/m1/s1. The Labute approximate surface area is 231 Å². The number of rotatable bonds is 6. The van der Waals surface area contributed by atoms with Gasteiger partial charge in [-0.1, -0.05) is 12.0 Å². The van der Waals surface area contributed by atoms with E-state index in [4.69, 9.17) is 4.74 Å². The van der Waals surface area contributed by atoms with Crippen LogP contribution in [0.3, 0.4) is 0 Å². The van der Waals surface area contributed by atoms with Gasteiger partial charge in [0.15, 0.2) is 0 Å². The van der Waals surface area contributed by atoms with Crippen molar-refractivity contribution in [2.75, 3.05) is 20.2 Å². The fourth-order valence-electron chi connectivity index (χ4n) is 4.98. The monoisotopic (exact) mass is 541 g/mol. The molecule has 2 atom stereocenters. The number of pyridine rings is 1. The summed E-state index contributed by atoms with van der Waals surface area (Å²) in [6, 6.07) is 8.99. The molecule has 1 aliphatic heterocycles. The first-order valence-corrected chi connectivity index (χ1v) is 13.1. The van der Waals surface area contributed by atoms with Crippen molar-refractivity contribution in [3.05, 3.63) is 87.6 Å². The Morgan fingerprint density at radius 1 is 1.05 bits per heavy atom. The van der Waals surface area contributed by atoms with E-state index in [0.29, 0.717) is 29.6 Å². The predicted molar refractivity (Wildman–Crippen MR) is 149 cm³/mol. The van der Waals surface area contributed by atoms with Gasteiger partial charge in [0, 0.05) is 50.4 Å². The lowest BCUT2D eigenvalue weighted by atomic mass is 9.89. The molecule has 1 saturated heterocycles. The molecule has 0 spiro atoms. The lowest BCUT2D eigenvalue weighted by molar-refractivity contribution is 0.188. The molecule has 7 nitrogen and oxygen atoms in total. The molecule has 4 heterocycles. The molecule has 0 bridgehead atoms. The molecule has 1 aromatic carbocycles. The second-order valence-corrected chi connectivity index (χ2v) is 9.96. The first-order chi connectivity index (χ1) is 19.3. The maximum absolute atomic E-state index is 14.7. The fraction of sp³-hybridized carbons (Fsp3) is 0.323. The number of hydrogen-bond donors (Lipinski definition) is 0. The van der Waals surface area contributed by atoms with Crippen LogP contribution >= 0.6 is 0 Å². The summed E-state index contributed by atoms with van der Waals surface area (Å²) in [6.07, 6.45) is 5.77. The number of ether oxygens (including phenoxy) is 1. The molecule has 0 amide bonds. The number of aryl methyl sites for hydroxylation is 2. The number of hydrogen-bond acceptors (Lipinski definition) is 5. The van der Waals surface area contributed by atoms with E-state index >= 15 is 0 Å². The lowest BCUT2D eigenvalue weighted by Gasteiger charge is -2.18. The SMILES string of the molecule is CN1CCC[C@@H]1COc1nc(C#CC#CCC(c2cc(F)ccc2F)c2cccn(C)c2=O)c2ccn(C)c2n1. The van der Waals surface area contributed by atoms with Crippen molar-refractivity contribution >= 4 is 11.0 Å². The topological polar surface area (TPSA) is 65.2 Å². The molecule has 0 radical (unpaired) electrons.